The Hall–Kier alpha value is -2.43. The van der Waals surface area contributed by atoms with Crippen molar-refractivity contribution >= 4 is 11.4 Å². The van der Waals surface area contributed by atoms with Crippen LogP contribution in [0.3, 0.4) is 0 Å². The van der Waals surface area contributed by atoms with Crippen molar-refractivity contribution in [3.05, 3.63) is 48.3 Å². The Morgan fingerprint density at radius 3 is 2.05 bits per heavy atom. The van der Waals surface area contributed by atoms with Crippen LogP contribution in [-0.2, 0) is 0 Å². The molecule has 0 bridgehead atoms. The van der Waals surface area contributed by atoms with Crippen LogP contribution >= 0.6 is 0 Å². The molecular formula is C14H13FN2O2. The highest BCUT2D eigenvalue weighted by molar-refractivity contribution is 5.45. The van der Waals surface area contributed by atoms with Crippen molar-refractivity contribution in [1.82, 2.24) is 0 Å². The van der Waals surface area contributed by atoms with Gasteiger partial charge in [-0.2, -0.15) is 5.11 Å². The molecule has 0 aromatic heterocycles. The van der Waals surface area contributed by atoms with E-state index >= 15 is 0 Å². The average molecular weight is 260 g/mol. The van der Waals surface area contributed by atoms with E-state index in [9.17, 15) is 4.39 Å². The first-order chi connectivity index (χ1) is 9.22. The topological polar surface area (TPSA) is 43.2 Å². The van der Waals surface area contributed by atoms with Crippen LogP contribution in [-0.4, -0.2) is 14.2 Å². The summed E-state index contributed by atoms with van der Waals surface area (Å²) in [7, 11) is 3.07. The molecule has 0 saturated carbocycles. The lowest BCUT2D eigenvalue weighted by molar-refractivity contribution is 0.411. The molecule has 98 valence electrons. The van der Waals surface area contributed by atoms with Crippen molar-refractivity contribution in [3.8, 4) is 11.5 Å². The van der Waals surface area contributed by atoms with E-state index in [1.165, 1.54) is 19.2 Å². The molecule has 2 rings (SSSR count). The van der Waals surface area contributed by atoms with Crippen molar-refractivity contribution < 1.29 is 13.9 Å². The van der Waals surface area contributed by atoms with E-state index in [0.29, 0.717) is 11.4 Å². The third-order valence-electron chi connectivity index (χ3n) is 2.50. The van der Waals surface area contributed by atoms with E-state index < -0.39 is 5.82 Å². The van der Waals surface area contributed by atoms with Crippen LogP contribution in [0.15, 0.2) is 52.7 Å². The Morgan fingerprint density at radius 2 is 1.47 bits per heavy atom. The van der Waals surface area contributed by atoms with Gasteiger partial charge in [0.1, 0.15) is 17.2 Å². The lowest BCUT2D eigenvalue weighted by atomic mass is 10.3. The van der Waals surface area contributed by atoms with Gasteiger partial charge in [-0.1, -0.05) is 0 Å². The second-order valence-electron chi connectivity index (χ2n) is 3.72. The van der Waals surface area contributed by atoms with E-state index in [1.54, 1.807) is 37.4 Å². The van der Waals surface area contributed by atoms with Crippen molar-refractivity contribution in [2.45, 2.75) is 0 Å². The molecule has 4 nitrogen and oxygen atoms in total. The van der Waals surface area contributed by atoms with Gasteiger partial charge < -0.3 is 9.47 Å². The molecule has 0 amide bonds. The largest absolute Gasteiger partial charge is 0.497 e. The van der Waals surface area contributed by atoms with E-state index in [2.05, 4.69) is 10.2 Å². The third kappa shape index (κ3) is 3.28. The summed E-state index contributed by atoms with van der Waals surface area (Å²) in [4.78, 5) is 0. The number of benzene rings is 2. The van der Waals surface area contributed by atoms with Crippen LogP contribution in [0.25, 0.3) is 0 Å². The molecule has 0 spiro atoms. The standard InChI is InChI=1S/C14H13FN2O2/c1-18-11-5-3-10(4-6-11)16-17-14-8-7-12(19-2)9-13(14)15/h3-9H,1-2H3/b17-16+. The molecule has 5 heteroatoms. The molecule has 0 saturated heterocycles. The Morgan fingerprint density at radius 1 is 0.842 bits per heavy atom. The van der Waals surface area contributed by atoms with Gasteiger partial charge in [-0.05, 0) is 36.4 Å². The van der Waals surface area contributed by atoms with Gasteiger partial charge in [0.05, 0.1) is 19.9 Å². The van der Waals surface area contributed by atoms with Crippen LogP contribution in [0.2, 0.25) is 0 Å². The first kappa shape index (κ1) is 13.0. The second kappa shape index (κ2) is 5.95. The van der Waals surface area contributed by atoms with Gasteiger partial charge in [0.2, 0.25) is 0 Å². The number of nitrogens with zero attached hydrogens (tertiary/aromatic N) is 2. The van der Waals surface area contributed by atoms with Gasteiger partial charge in [-0.15, -0.1) is 5.11 Å². The summed E-state index contributed by atoms with van der Waals surface area (Å²) in [6.07, 6.45) is 0. The zero-order chi connectivity index (χ0) is 13.7. The minimum atomic E-state index is -0.475. The fraction of sp³-hybridized carbons (Fsp3) is 0.143. The maximum absolute atomic E-state index is 13.6. The highest BCUT2D eigenvalue weighted by atomic mass is 19.1. The molecule has 0 radical (unpaired) electrons. The predicted octanol–water partition coefficient (Wildman–Crippen LogP) is 4.26. The molecule has 0 aliphatic carbocycles. The van der Waals surface area contributed by atoms with E-state index in [0.717, 1.165) is 5.75 Å². The molecule has 0 aliphatic rings. The van der Waals surface area contributed by atoms with Crippen LogP contribution < -0.4 is 9.47 Å². The summed E-state index contributed by atoms with van der Waals surface area (Å²) in [5, 5.41) is 7.82. The smallest absolute Gasteiger partial charge is 0.154 e. The molecule has 0 N–H and O–H groups in total. The molecule has 0 fully saturated rings. The normalized spacial score (nSPS) is 10.7. The monoisotopic (exact) mass is 260 g/mol. The Kier molecular flexibility index (Phi) is 4.07. The lowest BCUT2D eigenvalue weighted by Crippen LogP contribution is -1.83. The predicted molar refractivity (Wildman–Crippen MR) is 70.1 cm³/mol. The number of hydrogen-bond donors (Lipinski definition) is 0. The fourth-order valence-corrected chi connectivity index (χ4v) is 1.46. The number of ether oxygens (including phenoxy) is 2. The molecular weight excluding hydrogens is 247 g/mol. The quantitative estimate of drug-likeness (QED) is 0.771. The van der Waals surface area contributed by atoms with Crippen molar-refractivity contribution in [1.29, 1.82) is 0 Å². The zero-order valence-corrected chi connectivity index (χ0v) is 10.6. The van der Waals surface area contributed by atoms with Crippen LogP contribution in [0.4, 0.5) is 15.8 Å². The number of methoxy groups -OCH3 is 2. The average Bonchev–Trinajstić information content (AvgIpc) is 2.46. The SMILES string of the molecule is COc1ccc(/N=N/c2ccc(OC)cc2F)cc1. The molecule has 2 aromatic rings. The Labute approximate surface area is 110 Å². The number of hydrogen-bond acceptors (Lipinski definition) is 4. The maximum Gasteiger partial charge on any atom is 0.154 e. The summed E-state index contributed by atoms with van der Waals surface area (Å²) in [5.41, 5.74) is 0.785. The lowest BCUT2D eigenvalue weighted by Gasteiger charge is -2.01. The van der Waals surface area contributed by atoms with Crippen molar-refractivity contribution in [2.75, 3.05) is 14.2 Å². The Balaban J connectivity index is 2.17. The van der Waals surface area contributed by atoms with Crippen LogP contribution in [0.5, 0.6) is 11.5 Å². The first-order valence-corrected chi connectivity index (χ1v) is 5.62. The van der Waals surface area contributed by atoms with E-state index in [4.69, 9.17) is 9.47 Å². The second-order valence-corrected chi connectivity index (χ2v) is 3.72. The summed E-state index contributed by atoms with van der Waals surface area (Å²) >= 11 is 0. The van der Waals surface area contributed by atoms with Gasteiger partial charge in [0.15, 0.2) is 5.82 Å². The van der Waals surface area contributed by atoms with Gasteiger partial charge in [-0.25, -0.2) is 4.39 Å². The minimum absolute atomic E-state index is 0.164. The van der Waals surface area contributed by atoms with Crippen molar-refractivity contribution in [2.24, 2.45) is 10.2 Å². The van der Waals surface area contributed by atoms with Crippen molar-refractivity contribution in [3.63, 3.8) is 0 Å². The summed E-state index contributed by atoms with van der Waals surface area (Å²) in [5.74, 6) is 0.701. The number of halogens is 1. The van der Waals surface area contributed by atoms with Gasteiger partial charge in [-0.3, -0.25) is 0 Å². The highest BCUT2D eigenvalue weighted by Gasteiger charge is 2.02. The maximum atomic E-state index is 13.6. The molecule has 0 aliphatic heterocycles. The molecule has 2 aromatic carbocycles. The first-order valence-electron chi connectivity index (χ1n) is 5.62. The van der Waals surface area contributed by atoms with E-state index in [1.807, 2.05) is 0 Å². The molecule has 19 heavy (non-hydrogen) atoms. The van der Waals surface area contributed by atoms with E-state index in [-0.39, 0.29) is 5.69 Å². The van der Waals surface area contributed by atoms with Gasteiger partial charge >= 0.3 is 0 Å². The molecule has 0 unspecified atom stereocenters. The Bertz CT molecular complexity index is 582. The van der Waals surface area contributed by atoms with Crippen LogP contribution in [0.1, 0.15) is 0 Å². The third-order valence-corrected chi connectivity index (χ3v) is 2.50. The highest BCUT2D eigenvalue weighted by Crippen LogP contribution is 2.25. The summed E-state index contributed by atoms with van der Waals surface area (Å²) in [6.45, 7) is 0. The summed E-state index contributed by atoms with van der Waals surface area (Å²) < 4.78 is 23.5. The number of rotatable bonds is 4. The summed E-state index contributed by atoms with van der Waals surface area (Å²) in [6, 6.07) is 11.4. The van der Waals surface area contributed by atoms with Gasteiger partial charge in [0.25, 0.3) is 0 Å². The zero-order valence-electron chi connectivity index (χ0n) is 10.6. The molecule has 0 atom stereocenters. The van der Waals surface area contributed by atoms with Crippen LogP contribution in [0, 0.1) is 5.82 Å². The fourth-order valence-electron chi connectivity index (χ4n) is 1.46. The minimum Gasteiger partial charge on any atom is -0.497 e. The number of azo groups is 1. The van der Waals surface area contributed by atoms with Gasteiger partial charge in [0, 0.05) is 6.07 Å². The molecule has 0 heterocycles.